The molecule has 1 aromatic heterocycles. The summed E-state index contributed by atoms with van der Waals surface area (Å²) in [6.07, 6.45) is 8.66. The molecule has 0 saturated carbocycles. The van der Waals surface area contributed by atoms with E-state index < -0.39 is 0 Å². The minimum atomic E-state index is -0.0707. The molecule has 158 valence electrons. The Labute approximate surface area is 174 Å². The van der Waals surface area contributed by atoms with Gasteiger partial charge in [0.1, 0.15) is 11.5 Å². The Bertz CT molecular complexity index is 936. The number of ketones is 1. The molecule has 0 aliphatic rings. The molecule has 0 radical (unpaired) electrons. The van der Waals surface area contributed by atoms with Crippen LogP contribution in [0.2, 0.25) is 0 Å². The highest BCUT2D eigenvalue weighted by Crippen LogP contribution is 2.25. The van der Waals surface area contributed by atoms with Gasteiger partial charge in [-0.3, -0.25) is 9.59 Å². The molecule has 4 nitrogen and oxygen atoms in total. The number of methoxy groups -OCH3 is 1. The zero-order valence-electron chi connectivity index (χ0n) is 19.2. The molecule has 4 heteroatoms. The zero-order chi connectivity index (χ0) is 22.3. The summed E-state index contributed by atoms with van der Waals surface area (Å²) < 4.78 is 11.0. The molecule has 0 fully saturated rings. The molecule has 0 N–H and O–H groups in total. The summed E-state index contributed by atoms with van der Waals surface area (Å²) in [6, 6.07) is 0. The molecule has 0 unspecified atom stereocenters. The van der Waals surface area contributed by atoms with Gasteiger partial charge in [0.15, 0.2) is 5.43 Å². The lowest BCUT2D eigenvalue weighted by atomic mass is 10.00. The molecule has 0 saturated heterocycles. The summed E-state index contributed by atoms with van der Waals surface area (Å²) in [7, 11) is 1.49. The smallest absolute Gasteiger partial charge is 0.291 e. The normalized spacial score (nSPS) is 14.8. The van der Waals surface area contributed by atoms with E-state index in [1.807, 2.05) is 53.7 Å². The molecule has 0 aromatic carbocycles. The lowest BCUT2D eigenvalue weighted by Gasteiger charge is -2.10. The highest BCUT2D eigenvalue weighted by Gasteiger charge is 2.15. The number of hydrogen-bond acceptors (Lipinski definition) is 4. The first-order valence-corrected chi connectivity index (χ1v) is 9.96. The molecule has 0 spiro atoms. The second kappa shape index (κ2) is 10.8. The van der Waals surface area contributed by atoms with E-state index in [4.69, 9.17) is 9.15 Å². The van der Waals surface area contributed by atoms with Crippen molar-refractivity contribution in [3.05, 3.63) is 68.1 Å². The van der Waals surface area contributed by atoms with Crippen LogP contribution < -0.4 is 10.2 Å². The topological polar surface area (TPSA) is 56.5 Å². The number of hydrogen-bond donors (Lipinski definition) is 0. The molecule has 1 heterocycles. The van der Waals surface area contributed by atoms with Crippen LogP contribution in [0.25, 0.3) is 5.57 Å². The van der Waals surface area contributed by atoms with Gasteiger partial charge in [0.05, 0.1) is 12.7 Å². The van der Waals surface area contributed by atoms with E-state index in [2.05, 4.69) is 12.2 Å². The van der Waals surface area contributed by atoms with Crippen LogP contribution in [0.3, 0.4) is 0 Å². The van der Waals surface area contributed by atoms with E-state index >= 15 is 0 Å². The van der Waals surface area contributed by atoms with Gasteiger partial charge in [-0.15, -0.1) is 0 Å². The van der Waals surface area contributed by atoms with E-state index in [-0.39, 0.29) is 23.1 Å². The number of ether oxygens (including phenoxy) is 1. The van der Waals surface area contributed by atoms with Gasteiger partial charge in [-0.1, -0.05) is 54.9 Å². The lowest BCUT2D eigenvalue weighted by Crippen LogP contribution is -2.12. The highest BCUT2D eigenvalue weighted by molar-refractivity contribution is 5.82. The molecular weight excluding hydrogens is 364 g/mol. The van der Waals surface area contributed by atoms with Gasteiger partial charge in [-0.2, -0.15) is 0 Å². The summed E-state index contributed by atoms with van der Waals surface area (Å²) in [4.78, 5) is 24.2. The van der Waals surface area contributed by atoms with E-state index in [0.717, 1.165) is 22.3 Å². The monoisotopic (exact) mass is 398 g/mol. The Hall–Kier alpha value is -2.62. The number of carbonyl (C=O) groups is 1. The van der Waals surface area contributed by atoms with Crippen LogP contribution in [0.5, 0.6) is 5.95 Å². The van der Waals surface area contributed by atoms with E-state index in [1.54, 1.807) is 13.8 Å². The van der Waals surface area contributed by atoms with Crippen molar-refractivity contribution in [3.8, 4) is 5.95 Å². The predicted molar refractivity (Wildman–Crippen MR) is 120 cm³/mol. The molecule has 0 amide bonds. The average molecular weight is 399 g/mol. The van der Waals surface area contributed by atoms with Crippen molar-refractivity contribution in [2.75, 3.05) is 7.11 Å². The molecule has 1 rings (SSSR count). The fourth-order valence-corrected chi connectivity index (χ4v) is 3.36. The van der Waals surface area contributed by atoms with E-state index in [9.17, 15) is 9.59 Å². The molecule has 1 aromatic rings. The van der Waals surface area contributed by atoms with E-state index in [1.165, 1.54) is 7.11 Å². The molecule has 1 atom stereocenters. The van der Waals surface area contributed by atoms with Crippen molar-refractivity contribution in [1.29, 1.82) is 0 Å². The predicted octanol–water partition coefficient (Wildman–Crippen LogP) is 6.12. The number of Topliss-reactive ketones (excluding diaryl/α,β-unsaturated/α-hetero) is 1. The Morgan fingerprint density at radius 3 is 2.10 bits per heavy atom. The van der Waals surface area contributed by atoms with E-state index in [0.29, 0.717) is 23.3 Å². The van der Waals surface area contributed by atoms with Gasteiger partial charge in [0.2, 0.25) is 0 Å². The first kappa shape index (κ1) is 24.4. The second-order valence-electron chi connectivity index (χ2n) is 7.63. The maximum Gasteiger partial charge on any atom is 0.291 e. The van der Waals surface area contributed by atoms with Gasteiger partial charge in [0.25, 0.3) is 5.95 Å². The molecule has 0 bridgehead atoms. The fraction of sp³-hybridized carbons (Fsp3) is 0.440. The van der Waals surface area contributed by atoms with Crippen molar-refractivity contribution >= 4 is 11.4 Å². The Morgan fingerprint density at radius 2 is 1.55 bits per heavy atom. The maximum absolute atomic E-state index is 12.4. The first-order valence-electron chi connectivity index (χ1n) is 9.96. The van der Waals surface area contributed by atoms with Crippen molar-refractivity contribution in [2.45, 2.75) is 61.8 Å². The third kappa shape index (κ3) is 6.74. The number of rotatable bonds is 8. The molecule has 0 aliphatic heterocycles. The fourth-order valence-electron chi connectivity index (χ4n) is 3.36. The van der Waals surface area contributed by atoms with Crippen LogP contribution in [0, 0.1) is 19.8 Å². The molecule has 0 aliphatic carbocycles. The standard InChI is InChI=1S/C25H34O4/c1-10-22(26)18(5)13-16(3)11-15(2)12-17(4)14-19(6)24-20(7)23(27)21(8)25(28-9)29-24/h11-14,18H,10H2,1-9H3/b15-11+,16-13+,17-12+,19-14+/t18-/m1/s1. The molecular formula is C25H34O4. The van der Waals surface area contributed by atoms with Gasteiger partial charge in [0, 0.05) is 17.9 Å². The van der Waals surface area contributed by atoms with Crippen LogP contribution in [0.4, 0.5) is 0 Å². The summed E-state index contributed by atoms with van der Waals surface area (Å²) >= 11 is 0. The van der Waals surface area contributed by atoms with Crippen molar-refractivity contribution in [2.24, 2.45) is 5.92 Å². The maximum atomic E-state index is 12.4. The Morgan fingerprint density at radius 1 is 1.00 bits per heavy atom. The van der Waals surface area contributed by atoms with Crippen molar-refractivity contribution < 1.29 is 13.9 Å². The summed E-state index contributed by atoms with van der Waals surface area (Å²) in [5.41, 5.74) is 5.01. The summed E-state index contributed by atoms with van der Waals surface area (Å²) in [5, 5.41) is 0. The van der Waals surface area contributed by atoms with Crippen molar-refractivity contribution in [3.63, 3.8) is 0 Å². The van der Waals surface area contributed by atoms with Crippen LogP contribution >= 0.6 is 0 Å². The van der Waals surface area contributed by atoms with Crippen LogP contribution in [-0.2, 0) is 4.79 Å². The van der Waals surface area contributed by atoms with Gasteiger partial charge in [-0.25, -0.2) is 0 Å². The first-order chi connectivity index (χ1) is 13.5. The largest absolute Gasteiger partial charge is 0.468 e. The summed E-state index contributed by atoms with van der Waals surface area (Å²) in [5.74, 6) is 0.956. The SMILES string of the molecule is CCC(=O)[C@H](C)/C=C(C)/C=C(C)/C=C(C)/C=C(\C)c1oc(OC)c(C)c(=O)c1C. The second-order valence-corrected chi connectivity index (χ2v) is 7.63. The minimum Gasteiger partial charge on any atom is -0.468 e. The average Bonchev–Trinajstić information content (AvgIpc) is 2.64. The highest BCUT2D eigenvalue weighted by atomic mass is 16.6. The van der Waals surface area contributed by atoms with Crippen LogP contribution in [0.15, 0.2) is 50.2 Å². The van der Waals surface area contributed by atoms with Crippen molar-refractivity contribution in [1.82, 2.24) is 0 Å². The van der Waals surface area contributed by atoms with Gasteiger partial charge < -0.3 is 9.15 Å². The van der Waals surface area contributed by atoms with Crippen LogP contribution in [-0.4, -0.2) is 12.9 Å². The third-order valence-electron chi connectivity index (χ3n) is 4.79. The number of allylic oxidation sites excluding steroid dienone is 8. The quantitative estimate of drug-likeness (QED) is 0.495. The van der Waals surface area contributed by atoms with Gasteiger partial charge in [-0.05, 0) is 47.1 Å². The Kier molecular flexibility index (Phi) is 9.09. The minimum absolute atomic E-state index is 0.0648. The van der Waals surface area contributed by atoms with Crippen LogP contribution in [0.1, 0.15) is 64.9 Å². The summed E-state index contributed by atoms with van der Waals surface area (Å²) in [6.45, 7) is 15.2. The lowest BCUT2D eigenvalue weighted by molar-refractivity contribution is -0.120. The molecule has 29 heavy (non-hydrogen) atoms. The number of carbonyl (C=O) groups excluding carboxylic acids is 1. The van der Waals surface area contributed by atoms with Gasteiger partial charge >= 0.3 is 0 Å². The zero-order valence-corrected chi connectivity index (χ0v) is 19.2. The Balaban J connectivity index is 3.17. The third-order valence-corrected chi connectivity index (χ3v) is 4.79.